The van der Waals surface area contributed by atoms with Gasteiger partial charge < -0.3 is 5.32 Å². The Labute approximate surface area is 121 Å². The number of halogens is 1. The fourth-order valence-electron chi connectivity index (χ4n) is 1.69. The second-order valence-electron chi connectivity index (χ2n) is 4.00. The van der Waals surface area contributed by atoms with Crippen molar-refractivity contribution < 1.29 is 0 Å². The summed E-state index contributed by atoms with van der Waals surface area (Å²) < 4.78 is 0.959. The van der Waals surface area contributed by atoms with Crippen LogP contribution >= 0.6 is 15.9 Å². The molecule has 0 atom stereocenters. The van der Waals surface area contributed by atoms with Crippen LogP contribution in [0, 0.1) is 11.3 Å². The van der Waals surface area contributed by atoms with Gasteiger partial charge in [0.2, 0.25) is 0 Å². The molecule has 0 bridgehead atoms. The van der Waals surface area contributed by atoms with E-state index >= 15 is 0 Å². The molecule has 94 valence electrons. The minimum atomic E-state index is 0.649. The van der Waals surface area contributed by atoms with E-state index in [1.807, 2.05) is 36.4 Å². The summed E-state index contributed by atoms with van der Waals surface area (Å²) in [7, 11) is 0. The van der Waals surface area contributed by atoms with E-state index in [2.05, 4.69) is 45.5 Å². The maximum Gasteiger partial charge on any atom is 0.101 e. The molecule has 2 aromatic carbocycles. The van der Waals surface area contributed by atoms with Gasteiger partial charge in [-0.25, -0.2) is 0 Å². The number of nitrogens with one attached hydrogen (secondary N) is 1. The SMILES string of the molecule is N#Cc1ccc(Br)cc1NC/C=C/c1ccccc1. The third-order valence-corrected chi connectivity index (χ3v) is 3.12. The summed E-state index contributed by atoms with van der Waals surface area (Å²) in [6, 6.07) is 17.9. The van der Waals surface area contributed by atoms with Crippen molar-refractivity contribution in [2.24, 2.45) is 0 Å². The largest absolute Gasteiger partial charge is 0.380 e. The van der Waals surface area contributed by atoms with E-state index in [1.54, 1.807) is 6.07 Å². The van der Waals surface area contributed by atoms with Crippen LogP contribution in [0.3, 0.4) is 0 Å². The van der Waals surface area contributed by atoms with Crippen molar-refractivity contribution in [2.75, 3.05) is 11.9 Å². The average Bonchev–Trinajstić information content (AvgIpc) is 2.45. The third kappa shape index (κ3) is 3.97. The van der Waals surface area contributed by atoms with Gasteiger partial charge in [-0.05, 0) is 23.8 Å². The predicted molar refractivity (Wildman–Crippen MR) is 82.8 cm³/mol. The lowest BCUT2D eigenvalue weighted by molar-refractivity contribution is 1.32. The molecule has 0 saturated heterocycles. The Morgan fingerprint density at radius 1 is 1.16 bits per heavy atom. The fraction of sp³-hybridized carbons (Fsp3) is 0.0625. The normalized spacial score (nSPS) is 10.3. The summed E-state index contributed by atoms with van der Waals surface area (Å²) in [5.41, 5.74) is 2.66. The third-order valence-electron chi connectivity index (χ3n) is 2.62. The molecule has 0 fully saturated rings. The number of nitrogens with zero attached hydrogens (tertiary/aromatic N) is 1. The van der Waals surface area contributed by atoms with Crippen LogP contribution < -0.4 is 5.32 Å². The van der Waals surface area contributed by atoms with Gasteiger partial charge in [0.25, 0.3) is 0 Å². The molecule has 0 saturated carbocycles. The second-order valence-corrected chi connectivity index (χ2v) is 4.91. The molecule has 2 nitrogen and oxygen atoms in total. The standard InChI is InChI=1S/C16H13BrN2/c17-15-9-8-14(12-18)16(11-15)19-10-4-7-13-5-2-1-3-6-13/h1-9,11,19H,10H2/b7-4+. The van der Waals surface area contributed by atoms with E-state index in [-0.39, 0.29) is 0 Å². The summed E-state index contributed by atoms with van der Waals surface area (Å²) in [5.74, 6) is 0. The highest BCUT2D eigenvalue weighted by Crippen LogP contribution is 2.20. The molecule has 3 heteroatoms. The van der Waals surface area contributed by atoms with Crippen LogP contribution in [0.4, 0.5) is 5.69 Å². The topological polar surface area (TPSA) is 35.8 Å². The van der Waals surface area contributed by atoms with Gasteiger partial charge >= 0.3 is 0 Å². The zero-order valence-corrected chi connectivity index (χ0v) is 11.9. The van der Waals surface area contributed by atoms with Crippen molar-refractivity contribution in [3.63, 3.8) is 0 Å². The fourth-order valence-corrected chi connectivity index (χ4v) is 2.05. The lowest BCUT2D eigenvalue weighted by Gasteiger charge is -2.06. The molecule has 2 aromatic rings. The highest BCUT2D eigenvalue weighted by molar-refractivity contribution is 9.10. The van der Waals surface area contributed by atoms with Crippen LogP contribution in [0.15, 0.2) is 59.1 Å². The predicted octanol–water partition coefficient (Wildman–Crippen LogP) is 4.45. The maximum absolute atomic E-state index is 9.02. The number of hydrogen-bond donors (Lipinski definition) is 1. The monoisotopic (exact) mass is 312 g/mol. The zero-order chi connectivity index (χ0) is 13.5. The first-order valence-electron chi connectivity index (χ1n) is 5.95. The Morgan fingerprint density at radius 2 is 1.95 bits per heavy atom. The van der Waals surface area contributed by atoms with Gasteiger partial charge in [-0.2, -0.15) is 5.26 Å². The summed E-state index contributed by atoms with van der Waals surface area (Å²) in [6.07, 6.45) is 4.09. The summed E-state index contributed by atoms with van der Waals surface area (Å²) in [4.78, 5) is 0. The van der Waals surface area contributed by atoms with Gasteiger partial charge in [-0.3, -0.25) is 0 Å². The Kier molecular flexibility index (Phi) is 4.77. The molecular formula is C16H13BrN2. The molecule has 0 heterocycles. The molecule has 0 aliphatic rings. The van der Waals surface area contributed by atoms with Gasteiger partial charge in [0.05, 0.1) is 11.3 Å². The Hall–Kier alpha value is -2.05. The van der Waals surface area contributed by atoms with E-state index in [9.17, 15) is 0 Å². The van der Waals surface area contributed by atoms with Crippen LogP contribution in [-0.4, -0.2) is 6.54 Å². The van der Waals surface area contributed by atoms with E-state index in [1.165, 1.54) is 5.56 Å². The minimum Gasteiger partial charge on any atom is -0.380 e. The number of benzene rings is 2. The van der Waals surface area contributed by atoms with Crippen molar-refractivity contribution in [3.05, 3.63) is 70.2 Å². The lowest BCUT2D eigenvalue weighted by atomic mass is 10.2. The first-order chi connectivity index (χ1) is 9.29. The van der Waals surface area contributed by atoms with Crippen LogP contribution in [0.1, 0.15) is 11.1 Å². The molecule has 0 unspecified atom stereocenters. The van der Waals surface area contributed by atoms with E-state index in [0.717, 1.165) is 10.2 Å². The lowest BCUT2D eigenvalue weighted by Crippen LogP contribution is -2.00. The summed E-state index contributed by atoms with van der Waals surface area (Å²) in [5, 5.41) is 12.3. The van der Waals surface area contributed by atoms with Crippen LogP contribution in [0.2, 0.25) is 0 Å². The Morgan fingerprint density at radius 3 is 2.68 bits per heavy atom. The smallest absolute Gasteiger partial charge is 0.101 e. The van der Waals surface area contributed by atoms with Gasteiger partial charge in [0.15, 0.2) is 0 Å². The van der Waals surface area contributed by atoms with E-state index < -0.39 is 0 Å². The molecule has 0 spiro atoms. The molecule has 0 amide bonds. The highest BCUT2D eigenvalue weighted by atomic mass is 79.9. The number of rotatable bonds is 4. The second kappa shape index (κ2) is 6.77. The molecule has 0 radical (unpaired) electrons. The molecule has 19 heavy (non-hydrogen) atoms. The quantitative estimate of drug-likeness (QED) is 0.905. The van der Waals surface area contributed by atoms with Crippen molar-refractivity contribution in [1.29, 1.82) is 5.26 Å². The minimum absolute atomic E-state index is 0.649. The Bertz CT molecular complexity index is 612. The summed E-state index contributed by atoms with van der Waals surface area (Å²) in [6.45, 7) is 0.681. The Balaban J connectivity index is 1.98. The molecule has 0 aliphatic carbocycles. The van der Waals surface area contributed by atoms with Crippen molar-refractivity contribution >= 4 is 27.7 Å². The molecule has 0 aliphatic heterocycles. The number of hydrogen-bond acceptors (Lipinski definition) is 2. The van der Waals surface area contributed by atoms with Gasteiger partial charge in [-0.1, -0.05) is 58.4 Å². The molecule has 1 N–H and O–H groups in total. The first-order valence-corrected chi connectivity index (χ1v) is 6.74. The molecule has 0 aromatic heterocycles. The maximum atomic E-state index is 9.02. The zero-order valence-electron chi connectivity index (χ0n) is 10.3. The molecular weight excluding hydrogens is 300 g/mol. The van der Waals surface area contributed by atoms with Gasteiger partial charge in [-0.15, -0.1) is 0 Å². The van der Waals surface area contributed by atoms with Gasteiger partial charge in [0, 0.05) is 11.0 Å². The van der Waals surface area contributed by atoms with Crippen LogP contribution in [0.5, 0.6) is 0 Å². The van der Waals surface area contributed by atoms with Crippen molar-refractivity contribution in [2.45, 2.75) is 0 Å². The van der Waals surface area contributed by atoms with E-state index in [4.69, 9.17) is 5.26 Å². The van der Waals surface area contributed by atoms with Crippen molar-refractivity contribution in [3.8, 4) is 6.07 Å². The van der Waals surface area contributed by atoms with E-state index in [0.29, 0.717) is 12.1 Å². The van der Waals surface area contributed by atoms with Crippen LogP contribution in [0.25, 0.3) is 6.08 Å². The number of nitriles is 1. The summed E-state index contributed by atoms with van der Waals surface area (Å²) >= 11 is 3.40. The highest BCUT2D eigenvalue weighted by Gasteiger charge is 2.00. The van der Waals surface area contributed by atoms with Crippen LogP contribution in [-0.2, 0) is 0 Å². The average molecular weight is 313 g/mol. The van der Waals surface area contributed by atoms with Gasteiger partial charge in [0.1, 0.15) is 6.07 Å². The number of anilines is 1. The van der Waals surface area contributed by atoms with Crippen molar-refractivity contribution in [1.82, 2.24) is 0 Å². The first kappa shape index (κ1) is 13.4. The molecule has 2 rings (SSSR count).